The van der Waals surface area contributed by atoms with E-state index in [1.54, 1.807) is 50.2 Å². The van der Waals surface area contributed by atoms with Crippen molar-refractivity contribution in [3.63, 3.8) is 0 Å². The van der Waals surface area contributed by atoms with Gasteiger partial charge in [-0.15, -0.1) is 11.3 Å². The molecule has 16 nitrogen and oxygen atoms in total. The molecule has 0 spiro atoms. The Morgan fingerprint density at radius 3 is 1.78 bits per heavy atom. The third-order valence-electron chi connectivity index (χ3n) is 13.9. The monoisotopic (exact) mass is 1100 g/mol. The van der Waals surface area contributed by atoms with Gasteiger partial charge in [0.2, 0.25) is 18.0 Å². The van der Waals surface area contributed by atoms with Gasteiger partial charge in [0, 0.05) is 34.5 Å². The number of rotatable bonds is 12. The number of nitrogens with one attached hydrogen (secondary N) is 4. The minimum Gasteiger partial charge on any atom is -0.464 e. The van der Waals surface area contributed by atoms with E-state index >= 15 is 8.78 Å². The molecule has 0 bridgehead atoms. The SMILES string of the molecule is COC(=O)N[C@H](C(=O)N1CCC[C@H]1c1ncc(-c2cc(F)c3c(c2)OC(c2ccc(C4CC4)s2)n2c-3c(F)c3cc(-c4cnc([C@@H]5CCCN5C(=O)[C@@H](NC(=O)OC)C(C)C)[nH]4)ccc32)[nH]1)C(C)C.S.S.S.S. The first-order valence-corrected chi connectivity index (χ1v) is 24.4. The molecule has 3 fully saturated rings. The van der Waals surface area contributed by atoms with Crippen LogP contribution in [0.4, 0.5) is 18.4 Å². The quantitative estimate of drug-likeness (QED) is 0.0925. The predicted octanol–water partition coefficient (Wildman–Crippen LogP) is 9.78. The normalized spacial score (nSPS) is 18.6. The molecule has 23 heteroatoms. The van der Waals surface area contributed by atoms with E-state index in [1.165, 1.54) is 25.2 Å². The van der Waals surface area contributed by atoms with Crippen molar-refractivity contribution in [2.75, 3.05) is 27.3 Å². The summed E-state index contributed by atoms with van der Waals surface area (Å²) in [5, 5.41) is 5.61. The Bertz CT molecular complexity index is 2990. The summed E-state index contributed by atoms with van der Waals surface area (Å²) < 4.78 is 52.4. The smallest absolute Gasteiger partial charge is 0.407 e. The Hall–Kier alpha value is -5.36. The number of ether oxygens (including phenoxy) is 3. The number of methoxy groups -OCH3 is 2. The molecular formula is C50H63F2N9O7S5. The molecule has 1 saturated carbocycles. The van der Waals surface area contributed by atoms with Crippen LogP contribution in [-0.2, 0) is 19.1 Å². The summed E-state index contributed by atoms with van der Waals surface area (Å²) in [7, 11) is 2.51. The number of carbonyl (C=O) groups is 4. The molecule has 2 aromatic carbocycles. The van der Waals surface area contributed by atoms with Crippen LogP contribution in [0.15, 0.2) is 54.9 Å². The number of aromatic nitrogens is 5. The molecular weight excluding hydrogens is 1040 g/mol. The molecule has 5 atom stereocenters. The maximum Gasteiger partial charge on any atom is 0.407 e. The molecule has 4 aliphatic rings. The first-order chi connectivity index (χ1) is 33.2. The molecule has 4 amide bonds. The molecule has 10 rings (SSSR count). The van der Waals surface area contributed by atoms with Gasteiger partial charge >= 0.3 is 12.2 Å². The molecule has 73 heavy (non-hydrogen) atoms. The van der Waals surface area contributed by atoms with Crippen LogP contribution < -0.4 is 15.4 Å². The maximum absolute atomic E-state index is 17.4. The van der Waals surface area contributed by atoms with Gasteiger partial charge in [0.05, 0.1) is 71.7 Å². The highest BCUT2D eigenvalue weighted by atomic mass is 32.1. The van der Waals surface area contributed by atoms with Crippen molar-refractivity contribution in [3.05, 3.63) is 87.9 Å². The van der Waals surface area contributed by atoms with Crippen LogP contribution in [0.25, 0.3) is 44.7 Å². The number of fused-ring (bicyclic) bond motifs is 5. The molecule has 394 valence electrons. The first-order valence-electron chi connectivity index (χ1n) is 23.6. The summed E-state index contributed by atoms with van der Waals surface area (Å²) >= 11 is 1.61. The van der Waals surface area contributed by atoms with E-state index in [4.69, 9.17) is 19.2 Å². The summed E-state index contributed by atoms with van der Waals surface area (Å²) in [4.78, 5) is 73.5. The van der Waals surface area contributed by atoms with Crippen LogP contribution in [0.5, 0.6) is 5.75 Å². The number of nitrogens with zero attached hydrogens (tertiary/aromatic N) is 5. The average molecular weight is 1100 g/mol. The van der Waals surface area contributed by atoms with Crippen LogP contribution in [0, 0.1) is 23.5 Å². The van der Waals surface area contributed by atoms with Crippen molar-refractivity contribution >= 4 is 100 Å². The van der Waals surface area contributed by atoms with Crippen molar-refractivity contribution in [1.82, 2.24) is 44.9 Å². The molecule has 0 radical (unpaired) electrons. The largest absolute Gasteiger partial charge is 0.464 e. The van der Waals surface area contributed by atoms with E-state index in [0.29, 0.717) is 71.5 Å². The van der Waals surface area contributed by atoms with Crippen molar-refractivity contribution < 1.29 is 42.2 Å². The second-order valence-electron chi connectivity index (χ2n) is 19.0. The molecule has 2 saturated heterocycles. The zero-order valence-electron chi connectivity index (χ0n) is 41.2. The van der Waals surface area contributed by atoms with E-state index in [1.807, 2.05) is 45.9 Å². The number of hydrogen-bond acceptors (Lipinski definition) is 10. The third-order valence-corrected chi connectivity index (χ3v) is 15.2. The van der Waals surface area contributed by atoms with Crippen LogP contribution in [0.3, 0.4) is 0 Å². The first kappa shape index (κ1) is 56.9. The summed E-state index contributed by atoms with van der Waals surface area (Å²) in [5.41, 5.74) is 2.75. The number of carbonyl (C=O) groups excluding carboxylic acids is 4. The number of alkyl carbamates (subject to hydrolysis) is 2. The number of likely N-dealkylation sites (tertiary alicyclic amines) is 2. The van der Waals surface area contributed by atoms with Crippen LogP contribution in [0.1, 0.15) is 112 Å². The van der Waals surface area contributed by atoms with E-state index < -0.39 is 48.2 Å². The fourth-order valence-electron chi connectivity index (χ4n) is 10.1. The molecule has 7 heterocycles. The van der Waals surface area contributed by atoms with Gasteiger partial charge in [-0.1, -0.05) is 33.8 Å². The lowest BCUT2D eigenvalue weighted by Gasteiger charge is -2.30. The average Bonchev–Trinajstić information content (AvgIpc) is 4.05. The lowest BCUT2D eigenvalue weighted by molar-refractivity contribution is -0.136. The zero-order chi connectivity index (χ0) is 48.4. The van der Waals surface area contributed by atoms with E-state index in [0.717, 1.165) is 30.6 Å². The van der Waals surface area contributed by atoms with Gasteiger partial charge in [-0.3, -0.25) is 14.2 Å². The van der Waals surface area contributed by atoms with Crippen molar-refractivity contribution in [2.45, 2.75) is 103 Å². The molecule has 4 N–H and O–H groups in total. The minimum absolute atomic E-state index is 0. The lowest BCUT2D eigenvalue weighted by Crippen LogP contribution is -2.51. The van der Waals surface area contributed by atoms with Gasteiger partial charge < -0.3 is 44.6 Å². The van der Waals surface area contributed by atoms with Gasteiger partial charge in [0.25, 0.3) is 0 Å². The molecule has 4 aromatic heterocycles. The Morgan fingerprint density at radius 2 is 1.26 bits per heavy atom. The summed E-state index contributed by atoms with van der Waals surface area (Å²) in [6.07, 6.45) is 6.07. The highest BCUT2D eigenvalue weighted by Crippen LogP contribution is 2.51. The third kappa shape index (κ3) is 10.7. The molecule has 6 aromatic rings. The van der Waals surface area contributed by atoms with Crippen molar-refractivity contribution in [2.24, 2.45) is 11.8 Å². The van der Waals surface area contributed by atoms with E-state index in [-0.39, 0.29) is 106 Å². The van der Waals surface area contributed by atoms with Crippen LogP contribution >= 0.6 is 65.3 Å². The number of aromatic amines is 2. The number of thiophene rings is 1. The van der Waals surface area contributed by atoms with E-state index in [2.05, 4.69) is 31.7 Å². The summed E-state index contributed by atoms with van der Waals surface area (Å²) in [6, 6.07) is 10.2. The van der Waals surface area contributed by atoms with E-state index in [9.17, 15) is 19.2 Å². The number of hydrogen-bond donors (Lipinski definition) is 4. The number of H-pyrrole nitrogens is 2. The number of halogens is 2. The minimum atomic E-state index is -0.812. The van der Waals surface area contributed by atoms with Crippen molar-refractivity contribution in [1.29, 1.82) is 0 Å². The van der Waals surface area contributed by atoms with Gasteiger partial charge in [0.15, 0.2) is 5.82 Å². The zero-order valence-corrected chi connectivity index (χ0v) is 46.0. The Balaban J connectivity index is 0.00000217. The number of amides is 4. The molecule has 3 aliphatic heterocycles. The number of benzene rings is 2. The van der Waals surface area contributed by atoms with Gasteiger partial charge in [-0.2, -0.15) is 54.0 Å². The van der Waals surface area contributed by atoms with Gasteiger partial charge in [-0.25, -0.2) is 28.3 Å². The fourth-order valence-corrected chi connectivity index (χ4v) is 11.3. The highest BCUT2D eigenvalue weighted by molar-refractivity contribution is 7.59. The topological polar surface area (TPSA) is 189 Å². The lowest BCUT2D eigenvalue weighted by atomic mass is 10.0. The highest BCUT2D eigenvalue weighted by Gasteiger charge is 2.41. The summed E-state index contributed by atoms with van der Waals surface area (Å²) in [5.74, 6) is -0.409. The fraction of sp³-hybridized carbons (Fsp3) is 0.440. The Kier molecular flexibility index (Phi) is 18.0. The Morgan fingerprint density at radius 1 is 0.726 bits per heavy atom. The maximum atomic E-state index is 17.4. The molecule has 1 unspecified atom stereocenters. The second kappa shape index (κ2) is 23.0. The van der Waals surface area contributed by atoms with Crippen LogP contribution in [0.2, 0.25) is 0 Å². The van der Waals surface area contributed by atoms with Gasteiger partial charge in [0.1, 0.15) is 35.3 Å². The summed E-state index contributed by atoms with van der Waals surface area (Å²) in [6.45, 7) is 8.40. The standard InChI is InChI=1S/C50H55F2N9O7S.4H2S/c1-24(2)41(57-49(64)66-5)46(62)59-17-7-9-34(59)44-53-22-31(55-44)27-13-14-33-29(19-27)40(52)43-39-30(51)20-28(21-36(39)68-48(61(33)43)38-16-15-37(69-38)26-11-12-26)32-23-54-45(56-32)35-10-8-18-60(35)47(63)42(25(3)4)58-50(65)67-6;;;;/h13-16,19-26,34-35,41-42,48H,7-12,17-18H2,1-6H3,(H,53,55)(H,54,56)(H,57,64)(H,58,65);4*1H2/t34-,35-,41-,42-,48?;;;;/m0..../s1. The van der Waals surface area contributed by atoms with Gasteiger partial charge in [-0.05, 0) is 92.7 Å². The second-order valence-corrected chi connectivity index (χ2v) is 20.2. The van der Waals surface area contributed by atoms with Crippen LogP contribution in [-0.4, -0.2) is 97.7 Å². The predicted molar refractivity (Wildman–Crippen MR) is 295 cm³/mol. The Labute approximate surface area is 453 Å². The van der Waals surface area contributed by atoms with Crippen molar-refractivity contribution in [3.8, 4) is 39.5 Å². The number of imidazole rings is 2. The molecule has 1 aliphatic carbocycles.